The number of halogens is 3. The molecule has 0 radical (unpaired) electrons. The molecule has 4 rings (SSSR count). The first-order valence-corrected chi connectivity index (χ1v) is 10.8. The summed E-state index contributed by atoms with van der Waals surface area (Å²) < 4.78 is 15.0. The number of thioether (sulfide) groups is 1. The van der Waals surface area contributed by atoms with E-state index < -0.39 is 5.82 Å². The number of carbonyl (C=O) groups excluding carboxylic acids is 1. The fraction of sp³-hybridized carbons (Fsp3) is 0.0455. The minimum atomic E-state index is -0.595. The summed E-state index contributed by atoms with van der Waals surface area (Å²) in [5.74, 6) is -0.896. The molecule has 0 fully saturated rings. The minimum Gasteiger partial charge on any atom is -0.325 e. The Hall–Kier alpha value is -2.87. The van der Waals surface area contributed by atoms with Gasteiger partial charge in [-0.05, 0) is 48.5 Å². The van der Waals surface area contributed by atoms with Crippen molar-refractivity contribution in [1.29, 1.82) is 0 Å². The molecule has 31 heavy (non-hydrogen) atoms. The van der Waals surface area contributed by atoms with Gasteiger partial charge in [-0.2, -0.15) is 0 Å². The number of benzene rings is 3. The summed E-state index contributed by atoms with van der Waals surface area (Å²) in [6, 6.07) is 17.6. The Bertz CT molecular complexity index is 1360. The molecular formula is C22H14Cl2FN3O2S. The van der Waals surface area contributed by atoms with E-state index in [4.69, 9.17) is 23.2 Å². The predicted octanol–water partition coefficient (Wildman–Crippen LogP) is 5.56. The second kappa shape index (κ2) is 9.09. The predicted molar refractivity (Wildman–Crippen MR) is 123 cm³/mol. The molecule has 156 valence electrons. The van der Waals surface area contributed by atoms with E-state index >= 15 is 0 Å². The first-order chi connectivity index (χ1) is 14.9. The van der Waals surface area contributed by atoms with Crippen molar-refractivity contribution in [1.82, 2.24) is 9.55 Å². The van der Waals surface area contributed by atoms with Gasteiger partial charge in [0.2, 0.25) is 5.91 Å². The lowest BCUT2D eigenvalue weighted by atomic mass is 10.2. The van der Waals surface area contributed by atoms with Crippen LogP contribution in [-0.4, -0.2) is 21.2 Å². The van der Waals surface area contributed by atoms with Crippen LogP contribution >= 0.6 is 35.0 Å². The Balaban J connectivity index is 1.69. The number of hydrogen-bond acceptors (Lipinski definition) is 4. The van der Waals surface area contributed by atoms with Gasteiger partial charge in [-0.15, -0.1) is 0 Å². The van der Waals surface area contributed by atoms with E-state index in [1.165, 1.54) is 22.8 Å². The van der Waals surface area contributed by atoms with E-state index in [-0.39, 0.29) is 27.4 Å². The van der Waals surface area contributed by atoms with Crippen molar-refractivity contribution in [2.24, 2.45) is 0 Å². The second-order valence-corrected chi connectivity index (χ2v) is 8.28. The van der Waals surface area contributed by atoms with Crippen molar-refractivity contribution in [2.75, 3.05) is 11.1 Å². The smallest absolute Gasteiger partial charge is 0.266 e. The molecule has 5 nitrogen and oxygen atoms in total. The van der Waals surface area contributed by atoms with E-state index in [1.54, 1.807) is 48.5 Å². The van der Waals surface area contributed by atoms with Crippen molar-refractivity contribution in [3.63, 3.8) is 0 Å². The van der Waals surface area contributed by atoms with Crippen LogP contribution in [0.4, 0.5) is 10.1 Å². The van der Waals surface area contributed by atoms with Gasteiger partial charge in [0.05, 0.1) is 27.4 Å². The van der Waals surface area contributed by atoms with Crippen LogP contribution in [0, 0.1) is 5.82 Å². The van der Waals surface area contributed by atoms with Gasteiger partial charge >= 0.3 is 0 Å². The molecule has 0 aliphatic heterocycles. The van der Waals surface area contributed by atoms with Crippen molar-refractivity contribution >= 4 is 57.5 Å². The number of nitrogens with one attached hydrogen (secondary N) is 1. The molecule has 0 saturated heterocycles. The maximum Gasteiger partial charge on any atom is 0.266 e. The van der Waals surface area contributed by atoms with Crippen LogP contribution in [0.5, 0.6) is 0 Å². The maximum absolute atomic E-state index is 13.7. The highest BCUT2D eigenvalue weighted by atomic mass is 35.5. The second-order valence-electron chi connectivity index (χ2n) is 6.50. The molecule has 1 N–H and O–H groups in total. The number of nitrogens with zero attached hydrogens (tertiary/aromatic N) is 2. The molecule has 0 bridgehead atoms. The van der Waals surface area contributed by atoms with Crippen molar-refractivity contribution in [3.05, 3.63) is 92.9 Å². The zero-order chi connectivity index (χ0) is 22.0. The molecule has 1 amide bonds. The Morgan fingerprint density at radius 2 is 1.87 bits per heavy atom. The van der Waals surface area contributed by atoms with Crippen LogP contribution in [0.25, 0.3) is 16.6 Å². The van der Waals surface area contributed by atoms with E-state index in [2.05, 4.69) is 10.3 Å². The van der Waals surface area contributed by atoms with Gasteiger partial charge in [-0.25, -0.2) is 9.37 Å². The molecule has 0 saturated carbocycles. The molecular weight excluding hydrogens is 460 g/mol. The summed E-state index contributed by atoms with van der Waals surface area (Å²) >= 11 is 13.0. The van der Waals surface area contributed by atoms with E-state index in [9.17, 15) is 14.0 Å². The van der Waals surface area contributed by atoms with Crippen LogP contribution in [0.2, 0.25) is 10.0 Å². The third kappa shape index (κ3) is 4.74. The minimum absolute atomic E-state index is 0.00772. The third-order valence-corrected chi connectivity index (χ3v) is 5.81. The van der Waals surface area contributed by atoms with Crippen LogP contribution < -0.4 is 10.9 Å². The molecule has 9 heteroatoms. The molecule has 0 aliphatic carbocycles. The standard InChI is InChI=1S/C22H14Cl2FN3O2S/c23-13-4-3-5-14(10-13)26-20(29)12-31-22-27-19-7-2-1-6-16(19)21(30)28(22)15-8-9-18(25)17(24)11-15/h1-11H,12H2,(H,26,29). The molecule has 4 aromatic rings. The summed E-state index contributed by atoms with van der Waals surface area (Å²) in [7, 11) is 0. The van der Waals surface area contributed by atoms with Crippen molar-refractivity contribution in [3.8, 4) is 5.69 Å². The van der Waals surface area contributed by atoms with Crippen LogP contribution in [0.15, 0.2) is 76.7 Å². The summed E-state index contributed by atoms with van der Waals surface area (Å²) in [5.41, 5.74) is 1.07. The Morgan fingerprint density at radius 1 is 1.06 bits per heavy atom. The van der Waals surface area contributed by atoms with Crippen molar-refractivity contribution in [2.45, 2.75) is 5.16 Å². The number of anilines is 1. The average Bonchev–Trinajstić information content (AvgIpc) is 2.74. The molecule has 0 atom stereocenters. The maximum atomic E-state index is 13.7. The lowest BCUT2D eigenvalue weighted by molar-refractivity contribution is -0.113. The van der Waals surface area contributed by atoms with E-state index in [1.807, 2.05) is 0 Å². The summed E-state index contributed by atoms with van der Waals surface area (Å²) in [5, 5.41) is 3.82. The molecule has 3 aromatic carbocycles. The molecule has 1 heterocycles. The Labute approximate surface area is 190 Å². The van der Waals surface area contributed by atoms with Crippen LogP contribution in [0.3, 0.4) is 0 Å². The first-order valence-electron chi connectivity index (χ1n) is 9.08. The topological polar surface area (TPSA) is 64.0 Å². The lowest BCUT2D eigenvalue weighted by Crippen LogP contribution is -2.23. The average molecular weight is 474 g/mol. The number of amides is 1. The van der Waals surface area contributed by atoms with Gasteiger partial charge in [0.15, 0.2) is 5.16 Å². The number of rotatable bonds is 5. The van der Waals surface area contributed by atoms with Gasteiger partial charge in [-0.3, -0.25) is 14.2 Å². The monoisotopic (exact) mass is 473 g/mol. The highest BCUT2D eigenvalue weighted by molar-refractivity contribution is 7.99. The van der Waals surface area contributed by atoms with E-state index in [0.29, 0.717) is 27.3 Å². The van der Waals surface area contributed by atoms with E-state index in [0.717, 1.165) is 11.8 Å². The number of aromatic nitrogens is 2. The molecule has 0 aliphatic rings. The molecule has 0 unspecified atom stereocenters. The summed E-state index contributed by atoms with van der Waals surface area (Å²) in [6.45, 7) is 0. The normalized spacial score (nSPS) is 10.9. The van der Waals surface area contributed by atoms with Gasteiger partial charge in [0.1, 0.15) is 5.82 Å². The van der Waals surface area contributed by atoms with Crippen LogP contribution in [-0.2, 0) is 4.79 Å². The summed E-state index contributed by atoms with van der Waals surface area (Å²) in [6.07, 6.45) is 0. The van der Waals surface area contributed by atoms with Gasteiger partial charge in [0, 0.05) is 10.7 Å². The fourth-order valence-corrected chi connectivity index (χ4v) is 4.13. The Morgan fingerprint density at radius 3 is 2.65 bits per heavy atom. The number of fused-ring (bicyclic) bond motifs is 1. The van der Waals surface area contributed by atoms with Gasteiger partial charge < -0.3 is 5.32 Å². The third-order valence-electron chi connectivity index (χ3n) is 4.35. The number of hydrogen-bond donors (Lipinski definition) is 1. The highest BCUT2D eigenvalue weighted by Crippen LogP contribution is 2.24. The van der Waals surface area contributed by atoms with Crippen molar-refractivity contribution < 1.29 is 9.18 Å². The van der Waals surface area contributed by atoms with Gasteiger partial charge in [-0.1, -0.05) is 53.2 Å². The SMILES string of the molecule is O=C(CSc1nc2ccccc2c(=O)n1-c1ccc(F)c(Cl)c1)Nc1cccc(Cl)c1. The first kappa shape index (κ1) is 21.4. The zero-order valence-electron chi connectivity index (χ0n) is 15.8. The largest absolute Gasteiger partial charge is 0.325 e. The van der Waals surface area contributed by atoms with Crippen LogP contribution in [0.1, 0.15) is 0 Å². The molecule has 0 spiro atoms. The zero-order valence-corrected chi connectivity index (χ0v) is 18.1. The number of carbonyl (C=O) groups is 1. The Kier molecular flexibility index (Phi) is 6.27. The summed E-state index contributed by atoms with van der Waals surface area (Å²) in [4.78, 5) is 30.2. The highest BCUT2D eigenvalue weighted by Gasteiger charge is 2.16. The quantitative estimate of drug-likeness (QED) is 0.304. The fourth-order valence-electron chi connectivity index (χ4n) is 2.95. The lowest BCUT2D eigenvalue weighted by Gasteiger charge is -2.13. The molecule has 1 aromatic heterocycles. The number of para-hydroxylation sites is 1. The van der Waals surface area contributed by atoms with Gasteiger partial charge in [0.25, 0.3) is 5.56 Å².